The summed E-state index contributed by atoms with van der Waals surface area (Å²) in [6, 6.07) is 21.4. The van der Waals surface area contributed by atoms with Crippen molar-refractivity contribution in [3.8, 4) is 34.3 Å². The third-order valence-corrected chi connectivity index (χ3v) is 6.84. The highest BCUT2D eigenvalue weighted by Crippen LogP contribution is 2.41. The summed E-state index contributed by atoms with van der Waals surface area (Å²) in [5, 5.41) is 13.5. The highest BCUT2D eigenvalue weighted by atomic mass is 32.2. The van der Waals surface area contributed by atoms with Gasteiger partial charge >= 0.3 is 0 Å². The molecular weight excluding hydrogens is 514 g/mol. The zero-order chi connectivity index (χ0) is 27.8. The van der Waals surface area contributed by atoms with Gasteiger partial charge in [0, 0.05) is 11.3 Å². The number of amides is 1. The van der Waals surface area contributed by atoms with Crippen LogP contribution in [-0.2, 0) is 4.79 Å². The first-order valence-electron chi connectivity index (χ1n) is 12.3. The fraction of sp³-hybridized carbons (Fsp3) is 0.241. The van der Waals surface area contributed by atoms with Crippen molar-refractivity contribution in [2.45, 2.75) is 24.9 Å². The maximum atomic E-state index is 12.6. The molecule has 0 atom stereocenters. The van der Waals surface area contributed by atoms with Gasteiger partial charge in [-0.2, -0.15) is 5.10 Å². The van der Waals surface area contributed by atoms with Crippen LogP contribution < -0.4 is 19.6 Å². The number of carbonyl (C=O) groups excluding carboxylic acids is 1. The molecule has 0 saturated carbocycles. The molecule has 3 aromatic carbocycles. The third kappa shape index (κ3) is 6.58. The van der Waals surface area contributed by atoms with E-state index in [1.54, 1.807) is 27.5 Å². The Labute approximate surface area is 232 Å². The molecule has 9 nitrogen and oxygen atoms in total. The highest BCUT2D eigenvalue weighted by Gasteiger charge is 2.21. The van der Waals surface area contributed by atoms with Gasteiger partial charge in [0.15, 0.2) is 22.5 Å². The van der Waals surface area contributed by atoms with Gasteiger partial charge in [-0.25, -0.2) is 5.43 Å². The van der Waals surface area contributed by atoms with Crippen LogP contribution in [0.3, 0.4) is 0 Å². The maximum Gasteiger partial charge on any atom is 0.250 e. The summed E-state index contributed by atoms with van der Waals surface area (Å²) in [5.41, 5.74) is 6.30. The van der Waals surface area contributed by atoms with E-state index in [2.05, 4.69) is 46.7 Å². The number of thioether (sulfide) groups is 1. The van der Waals surface area contributed by atoms with E-state index < -0.39 is 0 Å². The Bertz CT molecular complexity index is 1410. The average molecular weight is 546 g/mol. The number of hydrogen-bond acceptors (Lipinski definition) is 8. The molecule has 0 aliphatic heterocycles. The minimum atomic E-state index is -0.257. The van der Waals surface area contributed by atoms with Crippen LogP contribution in [-0.4, -0.2) is 54.0 Å². The number of ether oxygens (including phenoxy) is 3. The third-order valence-electron chi connectivity index (χ3n) is 5.91. The largest absolute Gasteiger partial charge is 0.493 e. The van der Waals surface area contributed by atoms with Crippen molar-refractivity contribution in [3.63, 3.8) is 0 Å². The number of methoxy groups -OCH3 is 3. The highest BCUT2D eigenvalue weighted by molar-refractivity contribution is 7.99. The van der Waals surface area contributed by atoms with Crippen molar-refractivity contribution in [3.05, 3.63) is 77.9 Å². The Kier molecular flexibility index (Phi) is 9.22. The summed E-state index contributed by atoms with van der Waals surface area (Å²) < 4.78 is 18.4. The van der Waals surface area contributed by atoms with Crippen LogP contribution in [0.15, 0.2) is 77.0 Å². The van der Waals surface area contributed by atoms with E-state index in [1.165, 1.54) is 17.3 Å². The van der Waals surface area contributed by atoms with Gasteiger partial charge < -0.3 is 14.2 Å². The van der Waals surface area contributed by atoms with Crippen molar-refractivity contribution < 1.29 is 19.0 Å². The molecule has 0 spiro atoms. The van der Waals surface area contributed by atoms with Crippen LogP contribution >= 0.6 is 11.8 Å². The average Bonchev–Trinajstić information content (AvgIpc) is 3.40. The van der Waals surface area contributed by atoms with E-state index in [0.29, 0.717) is 39.7 Å². The molecule has 4 rings (SSSR count). The molecule has 0 aliphatic carbocycles. The van der Waals surface area contributed by atoms with E-state index in [9.17, 15) is 4.79 Å². The fourth-order valence-electron chi connectivity index (χ4n) is 3.88. The van der Waals surface area contributed by atoms with Crippen molar-refractivity contribution in [2.75, 3.05) is 27.1 Å². The van der Waals surface area contributed by atoms with Gasteiger partial charge in [0.2, 0.25) is 5.75 Å². The molecule has 1 aromatic heterocycles. The molecule has 0 radical (unpaired) electrons. The SMILES string of the molecule is COc1cc(-c2nnc(SCC(=O)NN=Cc3ccc(C(C)C)cc3)n2-c2ccccc2)cc(OC)c1OC. The number of carbonyl (C=O) groups is 1. The topological polar surface area (TPSA) is 99.9 Å². The normalized spacial score (nSPS) is 11.1. The molecular formula is C29H31N5O4S. The van der Waals surface area contributed by atoms with Crippen molar-refractivity contribution in [1.82, 2.24) is 20.2 Å². The summed E-state index contributed by atoms with van der Waals surface area (Å²) in [7, 11) is 4.68. The number of nitrogens with one attached hydrogen (secondary N) is 1. The van der Waals surface area contributed by atoms with Gasteiger partial charge in [-0.1, -0.05) is 68.1 Å². The molecule has 1 heterocycles. The molecule has 0 saturated heterocycles. The molecule has 0 fully saturated rings. The van der Waals surface area contributed by atoms with Gasteiger partial charge in [0.1, 0.15) is 0 Å². The first kappa shape index (κ1) is 27.7. The maximum absolute atomic E-state index is 12.6. The number of benzene rings is 3. The predicted molar refractivity (Wildman–Crippen MR) is 153 cm³/mol. The van der Waals surface area contributed by atoms with Crippen LogP contribution in [0.4, 0.5) is 0 Å². The van der Waals surface area contributed by atoms with Crippen molar-refractivity contribution in [1.29, 1.82) is 0 Å². The molecule has 10 heteroatoms. The predicted octanol–water partition coefficient (Wildman–Crippen LogP) is 5.33. The van der Waals surface area contributed by atoms with Gasteiger partial charge in [0.25, 0.3) is 5.91 Å². The smallest absolute Gasteiger partial charge is 0.250 e. The molecule has 0 bridgehead atoms. The standard InChI is InChI=1S/C29H31N5O4S/c1-19(2)21-13-11-20(12-14-21)17-30-31-26(35)18-39-29-33-32-28(34(29)23-9-7-6-8-10-23)22-15-24(36-3)27(38-5)25(16-22)37-4/h6-17,19H,18H2,1-5H3,(H,31,35). The van der Waals surface area contributed by atoms with Gasteiger partial charge in [-0.05, 0) is 41.3 Å². The first-order chi connectivity index (χ1) is 18.9. The Hall–Kier alpha value is -4.31. The molecule has 1 amide bonds. The second-order valence-corrected chi connectivity index (χ2v) is 9.74. The summed E-state index contributed by atoms with van der Waals surface area (Å²) >= 11 is 1.26. The number of aromatic nitrogens is 3. The molecule has 39 heavy (non-hydrogen) atoms. The second-order valence-electron chi connectivity index (χ2n) is 8.79. The number of para-hydroxylation sites is 1. The van der Waals surface area contributed by atoms with Crippen LogP contribution in [0.1, 0.15) is 30.9 Å². The zero-order valence-electron chi connectivity index (χ0n) is 22.5. The zero-order valence-corrected chi connectivity index (χ0v) is 23.4. The lowest BCUT2D eigenvalue weighted by molar-refractivity contribution is -0.118. The van der Waals surface area contributed by atoms with E-state index in [0.717, 1.165) is 11.3 Å². The number of hydrazone groups is 1. The van der Waals surface area contributed by atoms with Crippen LogP contribution in [0.25, 0.3) is 17.1 Å². The lowest BCUT2D eigenvalue weighted by Crippen LogP contribution is -2.20. The van der Waals surface area contributed by atoms with Gasteiger partial charge in [0.05, 0.1) is 33.3 Å². The lowest BCUT2D eigenvalue weighted by atomic mass is 10.0. The minimum absolute atomic E-state index is 0.101. The first-order valence-corrected chi connectivity index (χ1v) is 13.3. The summed E-state index contributed by atoms with van der Waals surface area (Å²) in [6.07, 6.45) is 1.63. The monoisotopic (exact) mass is 545 g/mol. The van der Waals surface area contributed by atoms with E-state index in [4.69, 9.17) is 14.2 Å². The van der Waals surface area contributed by atoms with Gasteiger partial charge in [-0.3, -0.25) is 9.36 Å². The van der Waals surface area contributed by atoms with E-state index >= 15 is 0 Å². The molecule has 0 unspecified atom stereocenters. The number of nitrogens with zero attached hydrogens (tertiary/aromatic N) is 4. The molecule has 4 aromatic rings. The van der Waals surface area contributed by atoms with Crippen LogP contribution in [0, 0.1) is 0 Å². The summed E-state index contributed by atoms with van der Waals surface area (Å²) in [6.45, 7) is 4.29. The van der Waals surface area contributed by atoms with Crippen LogP contribution in [0.5, 0.6) is 17.2 Å². The van der Waals surface area contributed by atoms with E-state index in [-0.39, 0.29) is 11.7 Å². The molecule has 202 valence electrons. The van der Waals surface area contributed by atoms with Crippen LogP contribution in [0.2, 0.25) is 0 Å². The van der Waals surface area contributed by atoms with Crippen molar-refractivity contribution >= 4 is 23.9 Å². The Morgan fingerprint density at radius 1 is 0.974 bits per heavy atom. The minimum Gasteiger partial charge on any atom is -0.493 e. The molecule has 0 aliphatic rings. The Morgan fingerprint density at radius 3 is 2.23 bits per heavy atom. The summed E-state index contributed by atoms with van der Waals surface area (Å²) in [5.74, 6) is 2.35. The van der Waals surface area contributed by atoms with Gasteiger partial charge in [-0.15, -0.1) is 10.2 Å². The second kappa shape index (κ2) is 13.0. The number of hydrogen-bond donors (Lipinski definition) is 1. The summed E-state index contributed by atoms with van der Waals surface area (Å²) in [4.78, 5) is 12.6. The fourth-order valence-corrected chi connectivity index (χ4v) is 4.62. The van der Waals surface area contributed by atoms with E-state index in [1.807, 2.05) is 59.2 Å². The van der Waals surface area contributed by atoms with Crippen molar-refractivity contribution in [2.24, 2.45) is 5.10 Å². The number of rotatable bonds is 11. The lowest BCUT2D eigenvalue weighted by Gasteiger charge is -2.15. The Balaban J connectivity index is 1.55. The Morgan fingerprint density at radius 2 is 1.64 bits per heavy atom. The quantitative estimate of drug-likeness (QED) is 0.155. The molecule has 1 N–H and O–H groups in total.